The highest BCUT2D eigenvalue weighted by molar-refractivity contribution is 5.95. The van der Waals surface area contributed by atoms with Crippen LogP contribution in [0.2, 0.25) is 0 Å². The predicted octanol–water partition coefficient (Wildman–Crippen LogP) is -0.277. The van der Waals surface area contributed by atoms with E-state index in [1.807, 2.05) is 0 Å². The normalized spacial score (nSPS) is 9.87. The van der Waals surface area contributed by atoms with Crippen LogP contribution in [-0.2, 0) is 11.2 Å². The second-order valence-electron chi connectivity index (χ2n) is 3.02. The molecule has 5 heteroatoms. The fourth-order valence-corrected chi connectivity index (χ4v) is 1.18. The molecule has 1 aromatic rings. The number of hydrogen-bond donors (Lipinski definition) is 3. The van der Waals surface area contributed by atoms with Gasteiger partial charge in [0.2, 0.25) is 11.8 Å². The van der Waals surface area contributed by atoms with Crippen molar-refractivity contribution in [3.05, 3.63) is 35.7 Å². The van der Waals surface area contributed by atoms with E-state index in [4.69, 9.17) is 16.6 Å². The smallest absolute Gasteiger partial charge is 0.249 e. The summed E-state index contributed by atoms with van der Waals surface area (Å²) >= 11 is 0. The van der Waals surface area contributed by atoms with Crippen molar-refractivity contribution in [3.8, 4) is 5.75 Å². The van der Waals surface area contributed by atoms with Crippen LogP contribution in [-0.4, -0.2) is 16.9 Å². The first-order valence-corrected chi connectivity index (χ1v) is 4.25. The fourth-order valence-electron chi connectivity index (χ4n) is 1.18. The van der Waals surface area contributed by atoms with Gasteiger partial charge >= 0.3 is 0 Å². The monoisotopic (exact) mass is 207 g/mol. The van der Waals surface area contributed by atoms with E-state index in [1.165, 1.54) is 24.6 Å². The van der Waals surface area contributed by atoms with Crippen LogP contribution in [0.3, 0.4) is 0 Å². The summed E-state index contributed by atoms with van der Waals surface area (Å²) in [4.78, 5) is 21.5. The van der Waals surface area contributed by atoms with E-state index in [0.717, 1.165) is 0 Å². The molecule has 2 amide bonds. The van der Waals surface area contributed by atoms with Crippen LogP contribution in [0, 0.1) is 6.42 Å². The van der Waals surface area contributed by atoms with Crippen molar-refractivity contribution in [2.75, 3.05) is 0 Å². The minimum absolute atomic E-state index is 0.0494. The Bertz CT molecular complexity index is 402. The van der Waals surface area contributed by atoms with Crippen molar-refractivity contribution in [1.82, 2.24) is 0 Å². The van der Waals surface area contributed by atoms with Gasteiger partial charge in [-0.15, -0.1) is 0 Å². The molecule has 5 nitrogen and oxygen atoms in total. The van der Waals surface area contributed by atoms with Gasteiger partial charge in [0.1, 0.15) is 5.75 Å². The number of carbonyl (C=O) groups excluding carboxylic acids is 2. The summed E-state index contributed by atoms with van der Waals surface area (Å²) < 4.78 is 0. The molecule has 5 N–H and O–H groups in total. The van der Waals surface area contributed by atoms with E-state index in [2.05, 4.69) is 0 Å². The van der Waals surface area contributed by atoms with Crippen LogP contribution in [0.25, 0.3) is 0 Å². The second-order valence-corrected chi connectivity index (χ2v) is 3.02. The number of nitrogens with two attached hydrogens (primary N) is 2. The van der Waals surface area contributed by atoms with Crippen molar-refractivity contribution in [3.63, 3.8) is 0 Å². The minimum atomic E-state index is -0.654. The van der Waals surface area contributed by atoms with E-state index < -0.39 is 11.8 Å². The first-order valence-electron chi connectivity index (χ1n) is 4.25. The molecule has 0 fully saturated rings. The lowest BCUT2D eigenvalue weighted by Gasteiger charge is -2.05. The standard InChI is InChI=1S/C10H11N2O3/c11-9(14)4-2-6-1-3-7(13)5-8(6)10(12)15/h1,3-5,13H,2H2,(H2,11,14)(H2,12,15). The molecule has 0 heterocycles. The lowest BCUT2D eigenvalue weighted by Crippen LogP contribution is -2.16. The molecule has 15 heavy (non-hydrogen) atoms. The molecule has 79 valence electrons. The highest BCUT2D eigenvalue weighted by Crippen LogP contribution is 2.17. The van der Waals surface area contributed by atoms with E-state index >= 15 is 0 Å². The maximum absolute atomic E-state index is 11.0. The number of aromatic hydroxyl groups is 1. The SMILES string of the molecule is NC(=O)[CH]Cc1ccc(O)cc1C(N)=O. The van der Waals surface area contributed by atoms with Crippen molar-refractivity contribution < 1.29 is 14.7 Å². The Morgan fingerprint density at radius 2 is 2.00 bits per heavy atom. The van der Waals surface area contributed by atoms with Crippen LogP contribution < -0.4 is 11.5 Å². The number of carbonyl (C=O) groups is 2. The number of amides is 2. The number of phenols is 1. The molecule has 0 aromatic heterocycles. The molecule has 0 saturated carbocycles. The Morgan fingerprint density at radius 3 is 2.53 bits per heavy atom. The first-order chi connectivity index (χ1) is 7.00. The summed E-state index contributed by atoms with van der Waals surface area (Å²) in [5.41, 5.74) is 10.8. The van der Waals surface area contributed by atoms with Crippen LogP contribution in [0.15, 0.2) is 18.2 Å². The summed E-state index contributed by atoms with van der Waals surface area (Å²) in [7, 11) is 0. The molecule has 0 aliphatic rings. The summed E-state index contributed by atoms with van der Waals surface area (Å²) in [6.45, 7) is 0. The van der Waals surface area contributed by atoms with Crippen LogP contribution in [0.1, 0.15) is 15.9 Å². The van der Waals surface area contributed by atoms with E-state index in [9.17, 15) is 9.59 Å². The Morgan fingerprint density at radius 1 is 1.33 bits per heavy atom. The molecular weight excluding hydrogens is 196 g/mol. The van der Waals surface area contributed by atoms with E-state index in [0.29, 0.717) is 5.56 Å². The van der Waals surface area contributed by atoms with E-state index in [1.54, 1.807) is 0 Å². The molecule has 1 aromatic carbocycles. The number of hydrogen-bond acceptors (Lipinski definition) is 3. The van der Waals surface area contributed by atoms with Gasteiger partial charge in [-0.3, -0.25) is 9.59 Å². The minimum Gasteiger partial charge on any atom is -0.508 e. The summed E-state index contributed by atoms with van der Waals surface area (Å²) in [6, 6.07) is 4.19. The van der Waals surface area contributed by atoms with Gasteiger partial charge in [-0.05, 0) is 24.1 Å². The van der Waals surface area contributed by atoms with Gasteiger partial charge in [0.05, 0.1) is 6.42 Å². The Labute approximate surface area is 86.7 Å². The highest BCUT2D eigenvalue weighted by Gasteiger charge is 2.09. The zero-order valence-corrected chi connectivity index (χ0v) is 7.93. The summed E-state index contributed by atoms with van der Waals surface area (Å²) in [5.74, 6) is -1.27. The average Bonchev–Trinajstić information content (AvgIpc) is 2.15. The first kappa shape index (κ1) is 11.0. The lowest BCUT2D eigenvalue weighted by molar-refractivity contribution is -0.115. The lowest BCUT2D eigenvalue weighted by atomic mass is 10.0. The average molecular weight is 207 g/mol. The van der Waals surface area contributed by atoms with Crippen LogP contribution >= 0.6 is 0 Å². The molecule has 0 saturated heterocycles. The van der Waals surface area contributed by atoms with Gasteiger partial charge in [0.15, 0.2) is 0 Å². The molecule has 1 rings (SSSR count). The van der Waals surface area contributed by atoms with Crippen molar-refractivity contribution in [2.24, 2.45) is 11.5 Å². The maximum Gasteiger partial charge on any atom is 0.249 e. The summed E-state index contributed by atoms with van der Waals surface area (Å²) in [5, 5.41) is 9.15. The third-order valence-electron chi connectivity index (χ3n) is 1.88. The molecule has 0 aliphatic heterocycles. The number of rotatable bonds is 4. The zero-order chi connectivity index (χ0) is 11.4. The van der Waals surface area contributed by atoms with Gasteiger partial charge in [-0.25, -0.2) is 0 Å². The Kier molecular flexibility index (Phi) is 3.28. The number of benzene rings is 1. The number of primary amides is 2. The molecule has 0 aliphatic carbocycles. The molecule has 0 atom stereocenters. The van der Waals surface area contributed by atoms with Crippen LogP contribution in [0.5, 0.6) is 5.75 Å². The number of phenolic OH excluding ortho intramolecular Hbond substituents is 1. The molecule has 0 spiro atoms. The topological polar surface area (TPSA) is 106 Å². The largest absolute Gasteiger partial charge is 0.508 e. The highest BCUT2D eigenvalue weighted by atomic mass is 16.3. The van der Waals surface area contributed by atoms with Crippen LogP contribution in [0.4, 0.5) is 0 Å². The van der Waals surface area contributed by atoms with Gasteiger partial charge in [-0.1, -0.05) is 6.07 Å². The predicted molar refractivity (Wildman–Crippen MR) is 53.8 cm³/mol. The van der Waals surface area contributed by atoms with Crippen molar-refractivity contribution in [1.29, 1.82) is 0 Å². The van der Waals surface area contributed by atoms with Gasteiger partial charge < -0.3 is 16.6 Å². The third kappa shape index (κ3) is 2.98. The van der Waals surface area contributed by atoms with Crippen molar-refractivity contribution in [2.45, 2.75) is 6.42 Å². The van der Waals surface area contributed by atoms with E-state index in [-0.39, 0.29) is 17.7 Å². The van der Waals surface area contributed by atoms with Gasteiger partial charge in [-0.2, -0.15) is 0 Å². The quantitative estimate of drug-likeness (QED) is 0.632. The van der Waals surface area contributed by atoms with Crippen molar-refractivity contribution >= 4 is 11.8 Å². The Hall–Kier alpha value is -2.04. The molecular formula is C10H11N2O3. The molecule has 0 bridgehead atoms. The molecule has 0 unspecified atom stereocenters. The zero-order valence-electron chi connectivity index (χ0n) is 7.93. The second kappa shape index (κ2) is 4.45. The fraction of sp³-hybridized carbons (Fsp3) is 0.100. The Balaban J connectivity index is 2.95. The maximum atomic E-state index is 11.0. The third-order valence-corrected chi connectivity index (χ3v) is 1.88. The molecule has 1 radical (unpaired) electrons. The van der Waals surface area contributed by atoms with Gasteiger partial charge in [0, 0.05) is 5.56 Å². The summed E-state index contributed by atoms with van der Waals surface area (Å²) in [6.07, 6.45) is 1.45. The van der Waals surface area contributed by atoms with Gasteiger partial charge in [0.25, 0.3) is 0 Å².